The van der Waals surface area contributed by atoms with Gasteiger partial charge in [-0.2, -0.15) is 0 Å². The molecule has 0 unspecified atom stereocenters. The molecule has 1 N–H and O–H groups in total. The molecule has 0 fully saturated rings. The molecule has 0 amide bonds. The molecule has 0 aliphatic carbocycles. The lowest BCUT2D eigenvalue weighted by Crippen LogP contribution is -1.92. The van der Waals surface area contributed by atoms with Gasteiger partial charge in [-0.15, -0.1) is 0 Å². The molecule has 0 spiro atoms. The van der Waals surface area contributed by atoms with E-state index >= 15 is 0 Å². The first-order chi connectivity index (χ1) is 10.1. The molecule has 0 radical (unpaired) electrons. The zero-order valence-electron chi connectivity index (χ0n) is 11.3. The van der Waals surface area contributed by atoms with Crippen molar-refractivity contribution in [2.45, 2.75) is 0 Å². The minimum Gasteiger partial charge on any atom is -0.478 e. The number of hydrogen-bond donors (Lipinski definition) is 1. The largest absolute Gasteiger partial charge is 0.478 e. The number of benzene rings is 2. The highest BCUT2D eigenvalue weighted by molar-refractivity contribution is 6.06. The normalized spacial score (nSPS) is 11.0. The maximum atomic E-state index is 11.9. The summed E-state index contributed by atoms with van der Waals surface area (Å²) in [5.74, 6) is -1.03. The molecule has 0 aliphatic rings. The maximum Gasteiger partial charge on any atom is 0.328 e. The van der Waals surface area contributed by atoms with E-state index in [0.29, 0.717) is 5.56 Å². The van der Waals surface area contributed by atoms with Gasteiger partial charge in [-0.3, -0.25) is 4.79 Å². The molecule has 3 heteroatoms. The third-order valence-electron chi connectivity index (χ3n) is 2.84. The van der Waals surface area contributed by atoms with Gasteiger partial charge in [0.05, 0.1) is 0 Å². The third kappa shape index (κ3) is 4.58. The van der Waals surface area contributed by atoms with E-state index in [1.165, 1.54) is 12.2 Å². The molecule has 2 aromatic carbocycles. The molecule has 0 heterocycles. The van der Waals surface area contributed by atoms with E-state index in [1.807, 2.05) is 30.3 Å². The van der Waals surface area contributed by atoms with Gasteiger partial charge in [0.2, 0.25) is 0 Å². The van der Waals surface area contributed by atoms with E-state index < -0.39 is 5.97 Å². The Morgan fingerprint density at radius 1 is 0.762 bits per heavy atom. The van der Waals surface area contributed by atoms with E-state index in [4.69, 9.17) is 5.11 Å². The number of carbonyl (C=O) groups excluding carboxylic acids is 1. The lowest BCUT2D eigenvalue weighted by atomic mass is 10.1. The third-order valence-corrected chi connectivity index (χ3v) is 2.84. The van der Waals surface area contributed by atoms with Crippen LogP contribution in [0.25, 0.3) is 12.2 Å². The average Bonchev–Trinajstić information content (AvgIpc) is 2.52. The lowest BCUT2D eigenvalue weighted by Gasteiger charge is -1.97. The molecule has 0 atom stereocenters. The monoisotopic (exact) mass is 278 g/mol. The first-order valence-electron chi connectivity index (χ1n) is 6.44. The Bertz CT molecular complexity index is 680. The number of aliphatic carboxylic acids is 1. The molecule has 3 nitrogen and oxygen atoms in total. The summed E-state index contributed by atoms with van der Waals surface area (Å²) in [6.07, 6.45) is 5.87. The minimum absolute atomic E-state index is 0.0505. The zero-order chi connectivity index (χ0) is 15.1. The Balaban J connectivity index is 2.05. The highest BCUT2D eigenvalue weighted by atomic mass is 16.4. The lowest BCUT2D eigenvalue weighted by molar-refractivity contribution is -0.131. The Hall–Kier alpha value is -2.94. The molecule has 104 valence electrons. The second-order valence-corrected chi connectivity index (χ2v) is 4.40. The van der Waals surface area contributed by atoms with Crippen molar-refractivity contribution in [2.75, 3.05) is 0 Å². The smallest absolute Gasteiger partial charge is 0.328 e. The van der Waals surface area contributed by atoms with E-state index in [0.717, 1.165) is 17.2 Å². The summed E-state index contributed by atoms with van der Waals surface area (Å²) in [5, 5.41) is 8.55. The van der Waals surface area contributed by atoms with Crippen molar-refractivity contribution in [2.24, 2.45) is 0 Å². The predicted molar refractivity (Wildman–Crippen MR) is 82.9 cm³/mol. The van der Waals surface area contributed by atoms with Crippen LogP contribution in [0.4, 0.5) is 0 Å². The summed E-state index contributed by atoms with van der Waals surface area (Å²) in [6.45, 7) is 0. The highest BCUT2D eigenvalue weighted by Gasteiger charge is 1.99. The fourth-order valence-electron chi connectivity index (χ4n) is 1.76. The second-order valence-electron chi connectivity index (χ2n) is 4.40. The quantitative estimate of drug-likeness (QED) is 0.670. The number of carbonyl (C=O) groups is 2. The van der Waals surface area contributed by atoms with Crippen molar-refractivity contribution in [3.05, 3.63) is 83.4 Å². The van der Waals surface area contributed by atoms with Crippen molar-refractivity contribution in [3.63, 3.8) is 0 Å². The number of carboxylic acids is 1. The Morgan fingerprint density at radius 2 is 1.29 bits per heavy atom. The fraction of sp³-hybridized carbons (Fsp3) is 0. The molecule has 2 rings (SSSR count). The van der Waals surface area contributed by atoms with Crippen LogP contribution in [0.15, 0.2) is 66.7 Å². The van der Waals surface area contributed by atoms with Gasteiger partial charge in [-0.05, 0) is 23.3 Å². The van der Waals surface area contributed by atoms with Gasteiger partial charge in [-0.1, -0.05) is 60.7 Å². The number of carboxylic acid groups (broad SMARTS) is 1. The maximum absolute atomic E-state index is 11.9. The summed E-state index contributed by atoms with van der Waals surface area (Å²) in [6, 6.07) is 16.3. The highest BCUT2D eigenvalue weighted by Crippen LogP contribution is 2.09. The van der Waals surface area contributed by atoms with Crippen molar-refractivity contribution in [1.29, 1.82) is 0 Å². The van der Waals surface area contributed by atoms with Gasteiger partial charge in [0.25, 0.3) is 0 Å². The number of hydrogen-bond acceptors (Lipinski definition) is 2. The Labute approximate surface area is 122 Å². The van der Waals surface area contributed by atoms with Crippen LogP contribution in [-0.2, 0) is 4.79 Å². The molecule has 0 aromatic heterocycles. The topological polar surface area (TPSA) is 54.4 Å². The summed E-state index contributed by atoms with van der Waals surface area (Å²) in [5.41, 5.74) is 2.32. The van der Waals surface area contributed by atoms with Gasteiger partial charge in [-0.25, -0.2) is 4.79 Å². The number of ketones is 1. The molecule has 0 bridgehead atoms. The van der Waals surface area contributed by atoms with Gasteiger partial charge in [0, 0.05) is 11.6 Å². The predicted octanol–water partition coefficient (Wildman–Crippen LogP) is 3.68. The molecule has 0 saturated heterocycles. The zero-order valence-corrected chi connectivity index (χ0v) is 11.3. The SMILES string of the molecule is O=C(O)/C=C/c1ccc(/C=C/C(=O)c2ccccc2)cc1. The van der Waals surface area contributed by atoms with E-state index in [2.05, 4.69) is 0 Å². The molecular weight excluding hydrogens is 264 g/mol. The molecule has 0 saturated carbocycles. The van der Waals surface area contributed by atoms with Crippen LogP contribution < -0.4 is 0 Å². The van der Waals surface area contributed by atoms with Crippen LogP contribution >= 0.6 is 0 Å². The van der Waals surface area contributed by atoms with Crippen LogP contribution in [0.1, 0.15) is 21.5 Å². The van der Waals surface area contributed by atoms with Crippen LogP contribution in [-0.4, -0.2) is 16.9 Å². The minimum atomic E-state index is -0.979. The molecule has 21 heavy (non-hydrogen) atoms. The van der Waals surface area contributed by atoms with Gasteiger partial charge in [0.15, 0.2) is 5.78 Å². The standard InChI is InChI=1S/C18H14O3/c19-17(16-4-2-1-3-5-16)12-10-14-6-8-15(9-7-14)11-13-18(20)21/h1-13H,(H,20,21)/b12-10+,13-11+. The number of allylic oxidation sites excluding steroid dienone is 1. The van der Waals surface area contributed by atoms with Crippen molar-refractivity contribution in [1.82, 2.24) is 0 Å². The van der Waals surface area contributed by atoms with E-state index in [-0.39, 0.29) is 5.78 Å². The van der Waals surface area contributed by atoms with Crippen molar-refractivity contribution < 1.29 is 14.7 Å². The van der Waals surface area contributed by atoms with E-state index in [1.54, 1.807) is 30.3 Å². The molecular formula is C18H14O3. The van der Waals surface area contributed by atoms with Crippen molar-refractivity contribution >= 4 is 23.9 Å². The first-order valence-corrected chi connectivity index (χ1v) is 6.44. The summed E-state index contributed by atoms with van der Waals surface area (Å²) < 4.78 is 0. The Morgan fingerprint density at radius 3 is 1.81 bits per heavy atom. The van der Waals surface area contributed by atoms with Gasteiger partial charge < -0.3 is 5.11 Å². The van der Waals surface area contributed by atoms with Crippen LogP contribution in [0.3, 0.4) is 0 Å². The summed E-state index contributed by atoms with van der Waals surface area (Å²) in [4.78, 5) is 22.3. The molecule has 2 aromatic rings. The molecule has 0 aliphatic heterocycles. The van der Waals surface area contributed by atoms with Crippen molar-refractivity contribution in [3.8, 4) is 0 Å². The van der Waals surface area contributed by atoms with Crippen LogP contribution in [0, 0.1) is 0 Å². The first kappa shape index (κ1) is 14.5. The second kappa shape index (κ2) is 7.01. The van der Waals surface area contributed by atoms with Crippen LogP contribution in [0.2, 0.25) is 0 Å². The Kier molecular flexibility index (Phi) is 4.83. The van der Waals surface area contributed by atoms with Crippen LogP contribution in [0.5, 0.6) is 0 Å². The average molecular weight is 278 g/mol. The van der Waals surface area contributed by atoms with Gasteiger partial charge >= 0.3 is 5.97 Å². The summed E-state index contributed by atoms with van der Waals surface area (Å²) in [7, 11) is 0. The number of rotatable bonds is 5. The van der Waals surface area contributed by atoms with Gasteiger partial charge in [0.1, 0.15) is 0 Å². The fourth-order valence-corrected chi connectivity index (χ4v) is 1.76. The van der Waals surface area contributed by atoms with E-state index in [9.17, 15) is 9.59 Å². The summed E-state index contributed by atoms with van der Waals surface area (Å²) >= 11 is 0.